The summed E-state index contributed by atoms with van der Waals surface area (Å²) in [4.78, 5) is 0. The van der Waals surface area contributed by atoms with Crippen molar-refractivity contribution in [2.45, 2.75) is 0 Å². The molecule has 162 valence electrons. The summed E-state index contributed by atoms with van der Waals surface area (Å²) in [6, 6.07) is 4.74. The first-order valence-electron chi connectivity index (χ1n) is 6.69. The predicted molar refractivity (Wildman–Crippen MR) is 124 cm³/mol. The van der Waals surface area contributed by atoms with Gasteiger partial charge in [0.2, 0.25) is 0 Å². The van der Waals surface area contributed by atoms with E-state index in [0.29, 0.717) is 20.0 Å². The molecule has 0 fully saturated rings. The molecule has 3 aromatic heterocycles. The van der Waals surface area contributed by atoms with E-state index in [1.165, 1.54) is 34.8 Å². The van der Waals surface area contributed by atoms with Crippen LogP contribution >= 0.6 is 79.5 Å². The quantitative estimate of drug-likeness (QED) is 0.239. The van der Waals surface area contributed by atoms with E-state index < -0.39 is 19.5 Å². The SMILES string of the molecule is Nc1ccsc1Cl.O=S(=O)(Cl)Nc1ccsc1Cl.O=S(=O)([O-])Nc1ccsc1Cl.[Na+]. The van der Waals surface area contributed by atoms with Crippen LogP contribution in [-0.4, -0.2) is 21.4 Å². The number of hydrogen-bond acceptors (Lipinski definition) is 9. The van der Waals surface area contributed by atoms with Crippen LogP contribution in [0.2, 0.25) is 13.0 Å². The van der Waals surface area contributed by atoms with E-state index in [1.807, 2.05) is 10.1 Å². The summed E-state index contributed by atoms with van der Waals surface area (Å²) in [5.74, 6) is 0. The Morgan fingerprint density at radius 1 is 0.800 bits per heavy atom. The van der Waals surface area contributed by atoms with Gasteiger partial charge in [-0.05, 0) is 34.3 Å². The van der Waals surface area contributed by atoms with Crippen molar-refractivity contribution in [3.05, 3.63) is 47.3 Å². The summed E-state index contributed by atoms with van der Waals surface area (Å²) in [7, 11) is -3.27. The molecule has 0 saturated carbocycles. The van der Waals surface area contributed by atoms with E-state index in [1.54, 1.807) is 21.5 Å². The van der Waals surface area contributed by atoms with Crippen molar-refractivity contribution >= 4 is 116 Å². The monoisotopic (exact) mass is 599 g/mol. The molecule has 0 aromatic carbocycles. The number of hydrogen-bond donors (Lipinski definition) is 3. The maximum atomic E-state index is 10.5. The summed E-state index contributed by atoms with van der Waals surface area (Å²) >= 11 is 20.4. The van der Waals surface area contributed by atoms with Gasteiger partial charge in [0.05, 0.1) is 17.1 Å². The Morgan fingerprint density at radius 2 is 1.20 bits per heavy atom. The van der Waals surface area contributed by atoms with Gasteiger partial charge >= 0.3 is 38.8 Å². The number of rotatable bonds is 4. The number of nitrogens with two attached hydrogens (primary N) is 1. The average molecular weight is 601 g/mol. The number of anilines is 3. The van der Waals surface area contributed by atoms with Gasteiger partial charge in [-0.1, -0.05) is 34.8 Å². The third-order valence-electron chi connectivity index (χ3n) is 2.35. The summed E-state index contributed by atoms with van der Waals surface area (Å²) in [5.41, 5.74) is 6.43. The zero-order valence-electron chi connectivity index (χ0n) is 14.6. The minimum absolute atomic E-state index is 0. The van der Waals surface area contributed by atoms with E-state index in [4.69, 9.17) is 51.2 Å². The van der Waals surface area contributed by atoms with Crippen LogP contribution in [0.25, 0.3) is 0 Å². The minimum atomic E-state index is -4.45. The topological polar surface area (TPSA) is 141 Å². The van der Waals surface area contributed by atoms with Crippen LogP contribution in [0.4, 0.5) is 17.1 Å². The molecule has 3 aromatic rings. The predicted octanol–water partition coefficient (Wildman–Crippen LogP) is 2.56. The molecule has 3 heterocycles. The molecule has 30 heavy (non-hydrogen) atoms. The third kappa shape index (κ3) is 13.2. The molecule has 0 spiro atoms. The normalized spacial score (nSPS) is 10.6. The Kier molecular flexibility index (Phi) is 14.2. The van der Waals surface area contributed by atoms with Crippen LogP contribution in [-0.2, 0) is 19.5 Å². The first kappa shape index (κ1) is 30.5. The van der Waals surface area contributed by atoms with Crippen molar-refractivity contribution in [3.8, 4) is 0 Å². The zero-order chi connectivity index (χ0) is 22.2. The molecule has 0 unspecified atom stereocenters. The molecule has 8 nitrogen and oxygen atoms in total. The molecule has 0 aliphatic carbocycles. The van der Waals surface area contributed by atoms with Crippen LogP contribution in [0.15, 0.2) is 34.3 Å². The smallest absolute Gasteiger partial charge is 0.731 e. The molecule has 4 N–H and O–H groups in total. The molecular formula is C12H10Cl4N3NaO5S5. The van der Waals surface area contributed by atoms with E-state index in [-0.39, 0.29) is 39.6 Å². The molecule has 18 heteroatoms. The maximum absolute atomic E-state index is 10.5. The third-order valence-corrected chi connectivity index (χ3v) is 7.05. The molecule has 0 bridgehead atoms. The summed E-state index contributed by atoms with van der Waals surface area (Å²) in [6.07, 6.45) is 0. The molecule has 0 saturated heterocycles. The van der Waals surface area contributed by atoms with Crippen LogP contribution in [0.1, 0.15) is 0 Å². The van der Waals surface area contributed by atoms with E-state index >= 15 is 0 Å². The number of nitrogens with one attached hydrogen (secondary N) is 2. The van der Waals surface area contributed by atoms with Gasteiger partial charge in [0.1, 0.15) is 13.0 Å². The fraction of sp³-hybridized carbons (Fsp3) is 0. The second-order valence-electron chi connectivity index (χ2n) is 4.46. The van der Waals surface area contributed by atoms with Crippen molar-refractivity contribution in [3.63, 3.8) is 0 Å². The fourth-order valence-electron chi connectivity index (χ4n) is 1.30. The second-order valence-corrected chi connectivity index (χ2v) is 12.4. The van der Waals surface area contributed by atoms with Crippen LogP contribution in [0, 0.1) is 0 Å². The van der Waals surface area contributed by atoms with Gasteiger partial charge in [-0.25, -0.2) is 8.42 Å². The molecule has 0 aliphatic rings. The standard InChI is InChI=1S/C4H3Cl2NO2S2.C4H4ClNO3S2.C4H4ClNS.Na/c5-4-3(1-2-10-4)7-11(6,8)9;5-4-3(1-2-10-4)6-11(7,8)9;5-4-3(6)1-2-7-4;/h1-2,7H;1-2,6H,(H,7,8,9);1-2H,6H2;/q;;;+1/p-1. The summed E-state index contributed by atoms with van der Waals surface area (Å²) < 4.78 is 56.4. The molecule has 0 aliphatic heterocycles. The minimum Gasteiger partial charge on any atom is -0.731 e. The maximum Gasteiger partial charge on any atom is 1.00 e. The number of thiophene rings is 3. The molecule has 0 atom stereocenters. The molecule has 0 radical (unpaired) electrons. The van der Waals surface area contributed by atoms with Crippen LogP contribution in [0.3, 0.4) is 0 Å². The largest absolute Gasteiger partial charge is 1.00 e. The van der Waals surface area contributed by atoms with Crippen LogP contribution in [0.5, 0.6) is 0 Å². The van der Waals surface area contributed by atoms with Crippen molar-refractivity contribution < 1.29 is 50.9 Å². The van der Waals surface area contributed by atoms with Gasteiger partial charge in [0.15, 0.2) is 10.3 Å². The Labute approximate surface area is 227 Å². The van der Waals surface area contributed by atoms with E-state index in [9.17, 15) is 21.4 Å². The van der Waals surface area contributed by atoms with E-state index in [2.05, 4.69) is 0 Å². The Morgan fingerprint density at radius 3 is 1.43 bits per heavy atom. The summed E-state index contributed by atoms with van der Waals surface area (Å²) in [5, 5.41) is 5.10. The first-order valence-corrected chi connectivity index (χ1v) is 14.2. The number of nitrogen functional groups attached to an aromatic ring is 1. The van der Waals surface area contributed by atoms with Crippen LogP contribution < -0.4 is 44.7 Å². The van der Waals surface area contributed by atoms with Gasteiger partial charge in [-0.2, -0.15) is 8.42 Å². The summed E-state index contributed by atoms with van der Waals surface area (Å²) in [6.45, 7) is 0. The van der Waals surface area contributed by atoms with Gasteiger partial charge in [0.25, 0.3) is 0 Å². The van der Waals surface area contributed by atoms with Gasteiger partial charge in [-0.3, -0.25) is 9.44 Å². The number of halogens is 4. The fourth-order valence-corrected chi connectivity index (χ4v) is 5.08. The van der Waals surface area contributed by atoms with Gasteiger partial charge < -0.3 is 10.3 Å². The second kappa shape index (κ2) is 13.9. The van der Waals surface area contributed by atoms with Crippen molar-refractivity contribution in [1.29, 1.82) is 0 Å². The molecular weight excluding hydrogens is 591 g/mol. The Hall–Kier alpha value is 0.520. The zero-order valence-corrected chi connectivity index (χ0v) is 23.7. The first-order chi connectivity index (χ1) is 13.3. The van der Waals surface area contributed by atoms with Gasteiger partial charge in [0, 0.05) is 10.7 Å². The molecule has 3 rings (SSSR count). The Balaban J connectivity index is 0.000000424. The van der Waals surface area contributed by atoms with Crippen molar-refractivity contribution in [2.75, 3.05) is 15.2 Å². The molecule has 0 amide bonds. The van der Waals surface area contributed by atoms with Crippen molar-refractivity contribution in [1.82, 2.24) is 0 Å². The van der Waals surface area contributed by atoms with E-state index in [0.717, 1.165) is 11.3 Å². The average Bonchev–Trinajstić information content (AvgIpc) is 3.24. The van der Waals surface area contributed by atoms with Crippen molar-refractivity contribution in [2.24, 2.45) is 0 Å². The Bertz CT molecular complexity index is 1050. The van der Waals surface area contributed by atoms with Gasteiger partial charge in [-0.15, -0.1) is 34.0 Å².